The van der Waals surface area contributed by atoms with Crippen molar-refractivity contribution in [3.63, 3.8) is 0 Å². The van der Waals surface area contributed by atoms with Crippen LogP contribution in [0.5, 0.6) is 0 Å². The molecule has 0 aliphatic carbocycles. The highest BCUT2D eigenvalue weighted by Gasteiger charge is 2.45. The van der Waals surface area contributed by atoms with Crippen molar-refractivity contribution >= 4 is 79.9 Å². The summed E-state index contributed by atoms with van der Waals surface area (Å²) in [5, 5.41) is 0. The van der Waals surface area contributed by atoms with Crippen molar-refractivity contribution in [2.75, 3.05) is 14.7 Å². The van der Waals surface area contributed by atoms with E-state index < -0.39 is 0 Å². The first-order chi connectivity index (χ1) is 32.1. The zero-order valence-electron chi connectivity index (χ0n) is 40.3. The normalized spacial score (nSPS) is 13.4. The van der Waals surface area contributed by atoms with Crippen LogP contribution in [0.15, 0.2) is 194 Å². The van der Waals surface area contributed by atoms with Crippen LogP contribution in [-0.4, -0.2) is 11.1 Å². The van der Waals surface area contributed by atoms with Crippen LogP contribution in [-0.2, 0) is 16.2 Å². The Morgan fingerprint density at radius 1 is 0.418 bits per heavy atom. The number of aromatic nitrogens is 1. The highest BCUT2D eigenvalue weighted by Crippen LogP contribution is 2.48. The van der Waals surface area contributed by atoms with Gasteiger partial charge in [0.15, 0.2) is 0 Å². The van der Waals surface area contributed by atoms with E-state index in [1.807, 2.05) is 0 Å². The third-order valence-corrected chi connectivity index (χ3v) is 14.0. The smallest absolute Gasteiger partial charge is 0.254 e. The van der Waals surface area contributed by atoms with Gasteiger partial charge in [0.05, 0.1) is 5.69 Å². The molecule has 0 bridgehead atoms. The highest BCUT2D eigenvalue weighted by atomic mass is 15.2. The number of anilines is 9. The summed E-state index contributed by atoms with van der Waals surface area (Å²) in [5.41, 5.74) is 20.6. The molecule has 2 aromatic heterocycles. The predicted molar refractivity (Wildman–Crippen MR) is 288 cm³/mol. The van der Waals surface area contributed by atoms with Gasteiger partial charge >= 0.3 is 0 Å². The lowest BCUT2D eigenvalue weighted by atomic mass is 9.34. The average Bonchev–Trinajstić information content (AvgIpc) is 3.70. The zero-order valence-corrected chi connectivity index (χ0v) is 40.3. The van der Waals surface area contributed by atoms with E-state index in [9.17, 15) is 0 Å². The number of pyridine rings is 1. The van der Waals surface area contributed by atoms with Crippen molar-refractivity contribution in [3.8, 4) is 11.1 Å². The molecule has 4 nitrogen and oxygen atoms in total. The fourth-order valence-electron chi connectivity index (χ4n) is 10.4. The fourth-order valence-corrected chi connectivity index (χ4v) is 10.4. The maximum absolute atomic E-state index is 2.51. The molecule has 0 fully saturated rings. The van der Waals surface area contributed by atoms with Gasteiger partial charge in [-0.2, -0.15) is 0 Å². The average molecular weight is 871 g/mol. The van der Waals surface area contributed by atoms with Gasteiger partial charge in [0.2, 0.25) is 0 Å². The Labute approximate surface area is 397 Å². The van der Waals surface area contributed by atoms with Crippen molar-refractivity contribution < 1.29 is 0 Å². The Bertz CT molecular complexity index is 3300. The standard InChI is InChI=1S/C62H59BN4/c1-60(2,3)43-28-32-48(33-29-43)65(54-37-31-44(61(4,5)6)38-51(54)42-20-13-10-14-21-42)50-35-36-52-57(40-50)66(46-22-15-11-16-23-46)55-26-19-27-56-58(55)63(52)53-39-49-34-30-45(62(7,8)9)41-64(49)59(53)67(56)47-24-17-12-18-25-47/h10-41H,1-9H3. The summed E-state index contributed by atoms with van der Waals surface area (Å²) in [7, 11) is 0. The molecule has 2 aliphatic rings. The maximum atomic E-state index is 2.51. The maximum Gasteiger partial charge on any atom is 0.254 e. The minimum absolute atomic E-state index is 0.0148. The van der Waals surface area contributed by atoms with E-state index in [0.717, 1.165) is 28.4 Å². The van der Waals surface area contributed by atoms with E-state index in [2.05, 4.69) is 276 Å². The highest BCUT2D eigenvalue weighted by molar-refractivity contribution is 7.00. The summed E-state index contributed by atoms with van der Waals surface area (Å²) in [6.45, 7) is 20.7. The number of nitrogens with zero attached hydrogens (tertiary/aromatic N) is 4. The van der Waals surface area contributed by atoms with Crippen LogP contribution in [0.1, 0.15) is 79.0 Å². The molecule has 11 rings (SSSR count). The van der Waals surface area contributed by atoms with Crippen molar-refractivity contribution in [1.29, 1.82) is 0 Å². The molecule has 0 unspecified atom stereocenters. The van der Waals surface area contributed by atoms with Crippen molar-refractivity contribution in [1.82, 2.24) is 4.40 Å². The predicted octanol–water partition coefficient (Wildman–Crippen LogP) is 15.1. The molecule has 7 aromatic carbocycles. The number of benzene rings is 7. The van der Waals surface area contributed by atoms with Gasteiger partial charge in [-0.15, -0.1) is 0 Å². The monoisotopic (exact) mass is 870 g/mol. The SMILES string of the molecule is CC(C)(C)c1ccc(N(c2ccc3c(c2)N(c2ccccc2)c2cccc4c2B3c2cc3ccc(C(C)(C)C)cn3c2N4c2ccccc2)c2ccc(C(C)(C)C)cc2-c2ccccc2)cc1. The molecule has 4 heterocycles. The van der Waals surface area contributed by atoms with Crippen molar-refractivity contribution in [2.45, 2.75) is 78.6 Å². The van der Waals surface area contributed by atoms with Gasteiger partial charge in [-0.1, -0.05) is 165 Å². The number of hydrogen-bond acceptors (Lipinski definition) is 3. The molecule has 2 aliphatic heterocycles. The second-order valence-corrected chi connectivity index (χ2v) is 21.6. The second-order valence-electron chi connectivity index (χ2n) is 21.6. The molecule has 330 valence electrons. The summed E-state index contributed by atoms with van der Waals surface area (Å²) in [5.74, 6) is 1.19. The van der Waals surface area contributed by atoms with Crippen molar-refractivity contribution in [2.24, 2.45) is 0 Å². The Balaban J connectivity index is 1.19. The lowest BCUT2D eigenvalue weighted by molar-refractivity contribution is 0.586. The first kappa shape index (κ1) is 42.4. The topological polar surface area (TPSA) is 14.1 Å². The summed E-state index contributed by atoms with van der Waals surface area (Å²) in [6, 6.07) is 70.3. The van der Waals surface area contributed by atoms with Gasteiger partial charge in [-0.05, 0) is 140 Å². The molecule has 0 radical (unpaired) electrons. The quantitative estimate of drug-likeness (QED) is 0.155. The van der Waals surface area contributed by atoms with E-state index in [4.69, 9.17) is 0 Å². The summed E-state index contributed by atoms with van der Waals surface area (Å²) in [4.78, 5) is 7.50. The van der Waals surface area contributed by atoms with Crippen LogP contribution in [0.3, 0.4) is 0 Å². The molecule has 0 amide bonds. The van der Waals surface area contributed by atoms with Crippen LogP contribution >= 0.6 is 0 Å². The fraction of sp³-hybridized carbons (Fsp3) is 0.194. The minimum Gasteiger partial charge on any atom is -0.311 e. The van der Waals surface area contributed by atoms with Gasteiger partial charge in [-0.25, -0.2) is 0 Å². The molecule has 5 heteroatoms. The lowest BCUT2D eigenvalue weighted by Crippen LogP contribution is -2.61. The Morgan fingerprint density at radius 2 is 0.970 bits per heavy atom. The molecule has 0 N–H and O–H groups in total. The lowest BCUT2D eigenvalue weighted by Gasteiger charge is -2.43. The number of fused-ring (bicyclic) bond motifs is 6. The Kier molecular flexibility index (Phi) is 9.94. The third kappa shape index (κ3) is 7.24. The van der Waals surface area contributed by atoms with Gasteiger partial charge in [0.1, 0.15) is 5.82 Å². The number of para-hydroxylation sites is 2. The largest absolute Gasteiger partial charge is 0.311 e. The van der Waals surface area contributed by atoms with E-state index >= 15 is 0 Å². The molecule has 9 aromatic rings. The Hall–Kier alpha value is -7.24. The summed E-state index contributed by atoms with van der Waals surface area (Å²) < 4.78 is 2.45. The molecular weight excluding hydrogens is 812 g/mol. The molecule has 0 saturated heterocycles. The summed E-state index contributed by atoms with van der Waals surface area (Å²) >= 11 is 0. The molecular formula is C62H59BN4. The van der Waals surface area contributed by atoms with Crippen LogP contribution in [0.4, 0.5) is 51.3 Å². The molecule has 0 spiro atoms. The van der Waals surface area contributed by atoms with Crippen molar-refractivity contribution in [3.05, 3.63) is 211 Å². The van der Waals surface area contributed by atoms with Crippen LogP contribution < -0.4 is 31.1 Å². The second kappa shape index (κ2) is 15.7. The van der Waals surface area contributed by atoms with Crippen LogP contribution in [0.25, 0.3) is 16.6 Å². The summed E-state index contributed by atoms with van der Waals surface area (Å²) in [6.07, 6.45) is 2.38. The van der Waals surface area contributed by atoms with Gasteiger partial charge < -0.3 is 14.2 Å². The van der Waals surface area contributed by atoms with Gasteiger partial charge in [-0.3, -0.25) is 4.90 Å². The van der Waals surface area contributed by atoms with E-state index in [-0.39, 0.29) is 23.0 Å². The number of rotatable bonds is 6. The molecule has 0 atom stereocenters. The first-order valence-electron chi connectivity index (χ1n) is 23.9. The van der Waals surface area contributed by atoms with E-state index in [1.165, 1.54) is 72.6 Å². The number of hydrogen-bond donors (Lipinski definition) is 0. The molecule has 67 heavy (non-hydrogen) atoms. The zero-order chi connectivity index (χ0) is 46.4. The van der Waals surface area contributed by atoms with Gasteiger partial charge in [0, 0.05) is 57.1 Å². The minimum atomic E-state index is -0.0252. The van der Waals surface area contributed by atoms with Gasteiger partial charge in [0.25, 0.3) is 6.71 Å². The van der Waals surface area contributed by atoms with Crippen LogP contribution in [0, 0.1) is 0 Å². The Morgan fingerprint density at radius 3 is 1.60 bits per heavy atom. The molecule has 0 saturated carbocycles. The van der Waals surface area contributed by atoms with E-state index in [0.29, 0.717) is 0 Å². The third-order valence-electron chi connectivity index (χ3n) is 14.0. The van der Waals surface area contributed by atoms with E-state index in [1.54, 1.807) is 0 Å². The van der Waals surface area contributed by atoms with Crippen LogP contribution in [0.2, 0.25) is 0 Å². The first-order valence-corrected chi connectivity index (χ1v) is 23.9.